The third-order valence-electron chi connectivity index (χ3n) is 1.86. The number of aliphatic imine (C=N–C) groups is 1. The lowest BCUT2D eigenvalue weighted by atomic mass is 10.1. The molecule has 0 saturated carbocycles. The summed E-state index contributed by atoms with van der Waals surface area (Å²) >= 11 is 0. The van der Waals surface area contributed by atoms with Crippen LogP contribution in [-0.2, 0) is 17.4 Å². The van der Waals surface area contributed by atoms with Gasteiger partial charge in [0.15, 0.2) is 0 Å². The maximum absolute atomic E-state index is 12.2. The number of carbonyl (C=O) groups excluding carboxylic acids is 1. The number of hydrogen-bond acceptors (Lipinski definition) is 2. The van der Waals surface area contributed by atoms with Crippen LogP contribution in [0.15, 0.2) is 29.3 Å². The highest BCUT2D eigenvalue weighted by atomic mass is 19.4. The molecule has 0 fully saturated rings. The van der Waals surface area contributed by atoms with E-state index in [-0.39, 0.29) is 6.54 Å². The van der Waals surface area contributed by atoms with Crippen LogP contribution in [0.4, 0.5) is 13.2 Å². The largest absolute Gasteiger partial charge is 0.416 e. The van der Waals surface area contributed by atoms with Crippen LogP contribution in [0, 0.1) is 0 Å². The predicted octanol–water partition coefficient (Wildman–Crippen LogP) is 2.58. The third-order valence-corrected chi connectivity index (χ3v) is 1.86. The van der Waals surface area contributed by atoms with Gasteiger partial charge in [-0.25, -0.2) is 9.79 Å². The van der Waals surface area contributed by atoms with Crippen molar-refractivity contribution in [3.05, 3.63) is 35.4 Å². The average molecular weight is 215 g/mol. The summed E-state index contributed by atoms with van der Waals surface area (Å²) in [4.78, 5) is 13.1. The van der Waals surface area contributed by atoms with Crippen molar-refractivity contribution in [2.75, 3.05) is 6.54 Å². The van der Waals surface area contributed by atoms with Gasteiger partial charge in [-0.2, -0.15) is 13.2 Å². The van der Waals surface area contributed by atoms with Gasteiger partial charge in [0, 0.05) is 0 Å². The summed E-state index contributed by atoms with van der Waals surface area (Å²) in [6, 6.07) is 4.78. The van der Waals surface area contributed by atoms with Crippen molar-refractivity contribution in [3.63, 3.8) is 0 Å². The second kappa shape index (κ2) is 4.75. The molecule has 0 aliphatic heterocycles. The fourth-order valence-electron chi connectivity index (χ4n) is 1.09. The number of nitrogens with zero attached hydrogens (tertiary/aromatic N) is 1. The Labute approximate surface area is 84.4 Å². The second-order valence-corrected chi connectivity index (χ2v) is 2.92. The minimum atomic E-state index is -4.31. The summed E-state index contributed by atoms with van der Waals surface area (Å²) in [5, 5.41) is 0. The molecule has 1 aromatic rings. The first-order valence-corrected chi connectivity index (χ1v) is 4.24. The topological polar surface area (TPSA) is 29.4 Å². The number of rotatable bonds is 3. The standard InChI is InChI=1S/C10H8F3NO/c11-10(12,13)9-3-1-8(2-4-9)5-6-14-7-15/h1-4H,5-6H2. The minimum Gasteiger partial charge on any atom is -0.211 e. The normalized spacial score (nSPS) is 10.9. The molecule has 1 rings (SSSR count). The third kappa shape index (κ3) is 3.56. The molecule has 80 valence electrons. The van der Waals surface area contributed by atoms with E-state index >= 15 is 0 Å². The fourth-order valence-corrected chi connectivity index (χ4v) is 1.09. The van der Waals surface area contributed by atoms with E-state index in [1.54, 1.807) is 0 Å². The number of hydrogen-bond donors (Lipinski definition) is 0. The Kier molecular flexibility index (Phi) is 3.63. The first-order chi connectivity index (χ1) is 7.04. The molecule has 0 N–H and O–H groups in total. The lowest BCUT2D eigenvalue weighted by Gasteiger charge is -2.06. The van der Waals surface area contributed by atoms with Crippen molar-refractivity contribution in [1.82, 2.24) is 0 Å². The lowest BCUT2D eigenvalue weighted by molar-refractivity contribution is -0.137. The Hall–Kier alpha value is -1.61. The van der Waals surface area contributed by atoms with Gasteiger partial charge in [-0.15, -0.1) is 0 Å². The molecule has 0 spiro atoms. The van der Waals surface area contributed by atoms with Gasteiger partial charge in [-0.05, 0) is 24.1 Å². The highest BCUT2D eigenvalue weighted by Gasteiger charge is 2.29. The Morgan fingerprint density at radius 3 is 2.27 bits per heavy atom. The molecule has 0 aromatic heterocycles. The van der Waals surface area contributed by atoms with Crippen molar-refractivity contribution in [3.8, 4) is 0 Å². The average Bonchev–Trinajstić information content (AvgIpc) is 2.18. The molecule has 0 atom stereocenters. The first kappa shape index (κ1) is 11.5. The van der Waals surface area contributed by atoms with Gasteiger partial charge < -0.3 is 0 Å². The molecule has 1 aromatic carbocycles. The summed E-state index contributed by atoms with van der Waals surface area (Å²) in [5.74, 6) is 0. The van der Waals surface area contributed by atoms with Crippen LogP contribution >= 0.6 is 0 Å². The summed E-state index contributed by atoms with van der Waals surface area (Å²) in [6.07, 6.45) is -2.50. The molecule has 0 saturated heterocycles. The van der Waals surface area contributed by atoms with Crippen LogP contribution in [0.3, 0.4) is 0 Å². The monoisotopic (exact) mass is 215 g/mol. The van der Waals surface area contributed by atoms with E-state index in [2.05, 4.69) is 4.99 Å². The minimum absolute atomic E-state index is 0.245. The van der Waals surface area contributed by atoms with E-state index in [1.807, 2.05) is 0 Å². The predicted molar refractivity (Wildman–Crippen MR) is 48.1 cm³/mol. The summed E-state index contributed by atoms with van der Waals surface area (Å²) in [5.41, 5.74) is 0.0344. The van der Waals surface area contributed by atoms with E-state index < -0.39 is 11.7 Å². The lowest BCUT2D eigenvalue weighted by Crippen LogP contribution is -2.04. The van der Waals surface area contributed by atoms with Crippen LogP contribution in [0.5, 0.6) is 0 Å². The van der Waals surface area contributed by atoms with Gasteiger partial charge in [-0.1, -0.05) is 12.1 Å². The van der Waals surface area contributed by atoms with Gasteiger partial charge in [0.25, 0.3) is 0 Å². The fraction of sp³-hybridized carbons (Fsp3) is 0.300. The Balaban J connectivity index is 2.68. The van der Waals surface area contributed by atoms with Gasteiger partial charge in [0.05, 0.1) is 12.1 Å². The van der Waals surface area contributed by atoms with Crippen molar-refractivity contribution in [2.24, 2.45) is 4.99 Å². The van der Waals surface area contributed by atoms with E-state index in [4.69, 9.17) is 0 Å². The van der Waals surface area contributed by atoms with Crippen LogP contribution in [-0.4, -0.2) is 12.6 Å². The van der Waals surface area contributed by atoms with Crippen molar-refractivity contribution < 1.29 is 18.0 Å². The molecule has 0 heterocycles. The highest BCUT2D eigenvalue weighted by molar-refractivity contribution is 5.33. The maximum Gasteiger partial charge on any atom is 0.416 e. The molecule has 0 bridgehead atoms. The van der Waals surface area contributed by atoms with Gasteiger partial charge in [0.1, 0.15) is 0 Å². The van der Waals surface area contributed by atoms with E-state index in [1.165, 1.54) is 18.2 Å². The SMILES string of the molecule is O=C=NCCc1ccc(C(F)(F)F)cc1. The van der Waals surface area contributed by atoms with Crippen molar-refractivity contribution >= 4 is 6.08 Å². The van der Waals surface area contributed by atoms with Crippen LogP contribution in [0.2, 0.25) is 0 Å². The number of alkyl halides is 3. The Bertz CT molecular complexity index is 363. The van der Waals surface area contributed by atoms with Crippen LogP contribution in [0.1, 0.15) is 11.1 Å². The van der Waals surface area contributed by atoms with Crippen LogP contribution < -0.4 is 0 Å². The highest BCUT2D eigenvalue weighted by Crippen LogP contribution is 2.29. The molecule has 0 unspecified atom stereocenters. The molecule has 0 amide bonds. The molecule has 5 heteroatoms. The molecule has 0 aliphatic carbocycles. The molecule has 0 aliphatic rings. The number of isocyanates is 1. The molecule has 15 heavy (non-hydrogen) atoms. The van der Waals surface area contributed by atoms with Crippen LogP contribution in [0.25, 0.3) is 0 Å². The Morgan fingerprint density at radius 1 is 1.20 bits per heavy atom. The molecule has 0 radical (unpaired) electrons. The zero-order chi connectivity index (χ0) is 11.3. The number of halogens is 3. The zero-order valence-corrected chi connectivity index (χ0v) is 7.71. The van der Waals surface area contributed by atoms with Crippen molar-refractivity contribution in [2.45, 2.75) is 12.6 Å². The number of benzene rings is 1. The Morgan fingerprint density at radius 2 is 1.80 bits per heavy atom. The van der Waals surface area contributed by atoms with E-state index in [9.17, 15) is 18.0 Å². The second-order valence-electron chi connectivity index (χ2n) is 2.92. The maximum atomic E-state index is 12.2. The smallest absolute Gasteiger partial charge is 0.211 e. The van der Waals surface area contributed by atoms with Gasteiger partial charge >= 0.3 is 6.18 Å². The summed E-state index contributed by atoms with van der Waals surface area (Å²) in [7, 11) is 0. The van der Waals surface area contributed by atoms with E-state index in [0.717, 1.165) is 12.1 Å². The zero-order valence-electron chi connectivity index (χ0n) is 7.71. The summed E-state index contributed by atoms with van der Waals surface area (Å²) in [6.45, 7) is 0.245. The summed E-state index contributed by atoms with van der Waals surface area (Å²) < 4.78 is 36.5. The van der Waals surface area contributed by atoms with E-state index in [0.29, 0.717) is 12.0 Å². The molecule has 2 nitrogen and oxygen atoms in total. The van der Waals surface area contributed by atoms with Gasteiger partial charge in [0.2, 0.25) is 6.08 Å². The van der Waals surface area contributed by atoms with Gasteiger partial charge in [-0.3, -0.25) is 0 Å². The molecular formula is C10H8F3NO. The van der Waals surface area contributed by atoms with Crippen molar-refractivity contribution in [1.29, 1.82) is 0 Å². The molecular weight excluding hydrogens is 207 g/mol. The quantitative estimate of drug-likeness (QED) is 0.562. The first-order valence-electron chi connectivity index (χ1n) is 4.24.